The summed E-state index contributed by atoms with van der Waals surface area (Å²) in [5.74, 6) is 4.46. The summed E-state index contributed by atoms with van der Waals surface area (Å²) < 4.78 is 2.25. The van der Waals surface area contributed by atoms with Crippen molar-refractivity contribution in [3.63, 3.8) is 0 Å². The maximum atomic E-state index is 4.27. The van der Waals surface area contributed by atoms with Gasteiger partial charge in [0, 0.05) is 14.6 Å². The molecule has 0 aliphatic carbocycles. The molecule has 17 heavy (non-hydrogen) atoms. The van der Waals surface area contributed by atoms with Crippen molar-refractivity contribution in [3.8, 4) is 0 Å². The van der Waals surface area contributed by atoms with Crippen molar-refractivity contribution in [1.29, 1.82) is 0 Å². The van der Waals surface area contributed by atoms with Crippen LogP contribution in [0.4, 0.5) is 0 Å². The third-order valence-electron chi connectivity index (χ3n) is 2.69. The van der Waals surface area contributed by atoms with E-state index in [4.69, 9.17) is 0 Å². The Morgan fingerprint density at radius 1 is 1.24 bits per heavy atom. The zero-order valence-corrected chi connectivity index (χ0v) is 13.6. The van der Waals surface area contributed by atoms with E-state index in [1.165, 1.54) is 11.8 Å². The van der Waals surface area contributed by atoms with Crippen LogP contribution in [0.3, 0.4) is 0 Å². The Kier molecular flexibility index (Phi) is 5.72. The minimum atomic E-state index is -0.883. The first-order valence-corrected chi connectivity index (χ1v) is 11.3. The first-order chi connectivity index (χ1) is 7.94. The molecule has 0 N–H and O–H groups in total. The molecule has 0 spiro atoms. The molecule has 0 saturated heterocycles. The highest BCUT2D eigenvalue weighted by molar-refractivity contribution is 7.98. The average Bonchev–Trinajstić information content (AvgIpc) is 2.55. The maximum Gasteiger partial charge on any atom is 0.143 e. The summed E-state index contributed by atoms with van der Waals surface area (Å²) in [6.07, 6.45) is 1.14. The predicted octanol–water partition coefficient (Wildman–Crippen LogP) is 3.57. The number of aromatic nitrogens is 3. The number of hydrogen-bond donors (Lipinski definition) is 0. The molecule has 0 atom stereocenters. The quantitative estimate of drug-likeness (QED) is 0.561. The van der Waals surface area contributed by atoms with Crippen LogP contribution in [-0.2, 0) is 12.3 Å². The van der Waals surface area contributed by atoms with Gasteiger partial charge in [0.2, 0.25) is 0 Å². The average molecular weight is 272 g/mol. The zero-order valence-electron chi connectivity index (χ0n) is 11.8. The SMILES string of the molecule is CCCn1c(C)nnc1CSCC[Si](C)(C)C. The van der Waals surface area contributed by atoms with Crippen molar-refractivity contribution in [2.45, 2.75) is 58.3 Å². The molecule has 0 radical (unpaired) electrons. The van der Waals surface area contributed by atoms with E-state index >= 15 is 0 Å². The Hall–Kier alpha value is -0.293. The molecule has 5 heteroatoms. The standard InChI is InChI=1S/C12H25N3SSi/c1-6-7-15-11(2)13-14-12(15)10-16-8-9-17(3,4)5/h6-10H2,1-5H3. The van der Waals surface area contributed by atoms with Crippen LogP contribution in [0.2, 0.25) is 25.7 Å². The molecule has 98 valence electrons. The maximum absolute atomic E-state index is 4.27. The summed E-state index contributed by atoms with van der Waals surface area (Å²) >= 11 is 2.00. The molecule has 0 aromatic carbocycles. The highest BCUT2D eigenvalue weighted by atomic mass is 32.2. The Balaban J connectivity index is 2.41. The molecule has 0 fully saturated rings. The number of rotatable bonds is 7. The third kappa shape index (κ3) is 5.25. The fourth-order valence-electron chi connectivity index (χ4n) is 1.59. The van der Waals surface area contributed by atoms with Crippen molar-refractivity contribution in [2.24, 2.45) is 0 Å². The van der Waals surface area contributed by atoms with Crippen LogP contribution < -0.4 is 0 Å². The second kappa shape index (κ2) is 6.59. The molecule has 0 aliphatic heterocycles. The summed E-state index contributed by atoms with van der Waals surface area (Å²) in [6.45, 7) is 12.6. The fourth-order valence-corrected chi connectivity index (χ4v) is 5.16. The Labute approximate surface area is 110 Å². The largest absolute Gasteiger partial charge is 0.315 e. The van der Waals surface area contributed by atoms with Crippen molar-refractivity contribution in [3.05, 3.63) is 11.6 Å². The van der Waals surface area contributed by atoms with Crippen molar-refractivity contribution in [1.82, 2.24) is 14.8 Å². The number of aryl methyl sites for hydroxylation is 1. The molecular formula is C12H25N3SSi. The van der Waals surface area contributed by atoms with Gasteiger partial charge in [0.1, 0.15) is 11.6 Å². The highest BCUT2D eigenvalue weighted by Crippen LogP contribution is 2.17. The second-order valence-corrected chi connectivity index (χ2v) is 12.4. The van der Waals surface area contributed by atoms with Gasteiger partial charge in [-0.15, -0.1) is 10.2 Å². The summed E-state index contributed by atoms with van der Waals surface area (Å²) in [5, 5.41) is 8.44. The molecule has 0 unspecified atom stereocenters. The third-order valence-corrected chi connectivity index (χ3v) is 5.75. The minimum Gasteiger partial charge on any atom is -0.315 e. The lowest BCUT2D eigenvalue weighted by Gasteiger charge is -2.14. The predicted molar refractivity (Wildman–Crippen MR) is 79.4 cm³/mol. The van der Waals surface area contributed by atoms with E-state index in [-0.39, 0.29) is 0 Å². The molecule has 1 rings (SSSR count). The molecular weight excluding hydrogens is 246 g/mol. The van der Waals surface area contributed by atoms with E-state index in [0.717, 1.165) is 30.4 Å². The van der Waals surface area contributed by atoms with E-state index in [9.17, 15) is 0 Å². The van der Waals surface area contributed by atoms with Gasteiger partial charge >= 0.3 is 0 Å². The van der Waals surface area contributed by atoms with Crippen LogP contribution >= 0.6 is 11.8 Å². The number of nitrogens with zero attached hydrogens (tertiary/aromatic N) is 3. The highest BCUT2D eigenvalue weighted by Gasteiger charge is 2.13. The van der Waals surface area contributed by atoms with Crippen LogP contribution in [0.25, 0.3) is 0 Å². The van der Waals surface area contributed by atoms with Gasteiger partial charge in [-0.2, -0.15) is 11.8 Å². The lowest BCUT2D eigenvalue weighted by Crippen LogP contribution is -2.19. The van der Waals surface area contributed by atoms with Gasteiger partial charge in [-0.25, -0.2) is 0 Å². The van der Waals surface area contributed by atoms with Crippen molar-refractivity contribution >= 4 is 19.8 Å². The number of thioether (sulfide) groups is 1. The molecule has 0 aliphatic rings. The van der Waals surface area contributed by atoms with Crippen LogP contribution in [0.1, 0.15) is 25.0 Å². The van der Waals surface area contributed by atoms with Gasteiger partial charge < -0.3 is 4.57 Å². The smallest absolute Gasteiger partial charge is 0.143 e. The van der Waals surface area contributed by atoms with E-state index in [0.29, 0.717) is 0 Å². The van der Waals surface area contributed by atoms with Gasteiger partial charge in [0.05, 0.1) is 5.75 Å². The van der Waals surface area contributed by atoms with Crippen LogP contribution in [0.15, 0.2) is 0 Å². The second-order valence-electron chi connectivity index (χ2n) is 5.68. The fraction of sp³-hybridized carbons (Fsp3) is 0.833. The number of hydrogen-bond acceptors (Lipinski definition) is 3. The van der Waals surface area contributed by atoms with E-state index in [1.807, 2.05) is 18.7 Å². The first-order valence-electron chi connectivity index (χ1n) is 6.40. The van der Waals surface area contributed by atoms with Crippen LogP contribution in [0.5, 0.6) is 0 Å². The Morgan fingerprint density at radius 2 is 1.94 bits per heavy atom. The summed E-state index contributed by atoms with van der Waals surface area (Å²) in [4.78, 5) is 0. The summed E-state index contributed by atoms with van der Waals surface area (Å²) in [6, 6.07) is 1.39. The van der Waals surface area contributed by atoms with Gasteiger partial charge in [-0.1, -0.05) is 26.6 Å². The first kappa shape index (κ1) is 14.8. The molecule has 1 heterocycles. The minimum absolute atomic E-state index is 0.883. The normalized spacial score (nSPS) is 12.1. The van der Waals surface area contributed by atoms with Crippen molar-refractivity contribution in [2.75, 3.05) is 5.75 Å². The Bertz CT molecular complexity index is 344. The van der Waals surface area contributed by atoms with E-state index in [1.54, 1.807) is 0 Å². The van der Waals surface area contributed by atoms with Gasteiger partial charge in [-0.3, -0.25) is 0 Å². The summed E-state index contributed by atoms with van der Waals surface area (Å²) in [7, 11) is -0.883. The summed E-state index contributed by atoms with van der Waals surface area (Å²) in [5.41, 5.74) is 0. The van der Waals surface area contributed by atoms with Gasteiger partial charge in [0.25, 0.3) is 0 Å². The monoisotopic (exact) mass is 271 g/mol. The lowest BCUT2D eigenvalue weighted by molar-refractivity contribution is 0.637. The molecule has 0 amide bonds. The van der Waals surface area contributed by atoms with Gasteiger partial charge in [0.15, 0.2) is 0 Å². The Morgan fingerprint density at radius 3 is 2.53 bits per heavy atom. The molecule has 1 aromatic heterocycles. The molecule has 3 nitrogen and oxygen atoms in total. The molecule has 0 bridgehead atoms. The lowest BCUT2D eigenvalue weighted by atomic mass is 10.4. The van der Waals surface area contributed by atoms with E-state index in [2.05, 4.69) is 41.3 Å². The van der Waals surface area contributed by atoms with Crippen LogP contribution in [0, 0.1) is 6.92 Å². The topological polar surface area (TPSA) is 30.7 Å². The molecule has 1 aromatic rings. The zero-order chi connectivity index (χ0) is 12.9. The van der Waals surface area contributed by atoms with Gasteiger partial charge in [-0.05, 0) is 25.1 Å². The molecule has 0 saturated carbocycles. The van der Waals surface area contributed by atoms with E-state index < -0.39 is 8.07 Å². The van der Waals surface area contributed by atoms with Crippen LogP contribution in [-0.4, -0.2) is 28.6 Å². The van der Waals surface area contributed by atoms with Crippen molar-refractivity contribution < 1.29 is 0 Å².